The molecular formula is C39H46O6. The Morgan fingerprint density at radius 2 is 0.822 bits per heavy atom. The first kappa shape index (κ1) is 32.7. The molecule has 0 unspecified atom stereocenters. The highest BCUT2D eigenvalue weighted by molar-refractivity contribution is 5.86. The lowest BCUT2D eigenvalue weighted by molar-refractivity contribution is 0.0405. The lowest BCUT2D eigenvalue weighted by Gasteiger charge is -2.34. The number of ether oxygens (including phenoxy) is 6. The molecule has 6 nitrogen and oxygen atoms in total. The normalized spacial score (nSPS) is 13.0. The predicted molar refractivity (Wildman–Crippen MR) is 179 cm³/mol. The molecule has 0 radical (unpaired) electrons. The molecule has 5 rings (SSSR count). The molecule has 1 aliphatic rings. The van der Waals surface area contributed by atoms with Crippen molar-refractivity contribution in [3.63, 3.8) is 0 Å². The lowest BCUT2D eigenvalue weighted by atomic mass is 9.67. The second-order valence-corrected chi connectivity index (χ2v) is 11.2. The maximum Gasteiger partial charge on any atom is 0.119 e. The molecule has 0 bridgehead atoms. The minimum absolute atomic E-state index is 0.486. The van der Waals surface area contributed by atoms with E-state index >= 15 is 0 Å². The van der Waals surface area contributed by atoms with Crippen LogP contribution >= 0.6 is 0 Å². The highest BCUT2D eigenvalue weighted by atomic mass is 16.5. The van der Waals surface area contributed by atoms with Crippen LogP contribution in [0.2, 0.25) is 0 Å². The van der Waals surface area contributed by atoms with Gasteiger partial charge in [-0.15, -0.1) is 0 Å². The molecule has 0 spiro atoms. The average molecular weight is 611 g/mol. The van der Waals surface area contributed by atoms with Gasteiger partial charge in [-0.2, -0.15) is 0 Å². The van der Waals surface area contributed by atoms with Crippen molar-refractivity contribution >= 4 is 0 Å². The molecule has 0 aromatic heterocycles. The van der Waals surface area contributed by atoms with Gasteiger partial charge in [-0.25, -0.2) is 0 Å². The number of benzene rings is 4. The van der Waals surface area contributed by atoms with Crippen molar-refractivity contribution in [3.05, 3.63) is 118 Å². The Kier molecular flexibility index (Phi) is 11.7. The van der Waals surface area contributed by atoms with E-state index in [4.69, 9.17) is 28.4 Å². The van der Waals surface area contributed by atoms with E-state index in [-0.39, 0.29) is 0 Å². The van der Waals surface area contributed by atoms with Crippen LogP contribution in [0.3, 0.4) is 0 Å². The van der Waals surface area contributed by atoms with Crippen molar-refractivity contribution in [1.29, 1.82) is 0 Å². The molecule has 1 aliphatic carbocycles. The summed E-state index contributed by atoms with van der Waals surface area (Å²) >= 11 is 0. The third-order valence-electron chi connectivity index (χ3n) is 8.17. The van der Waals surface area contributed by atoms with Gasteiger partial charge in [0.05, 0.1) is 45.1 Å². The van der Waals surface area contributed by atoms with E-state index in [0.717, 1.165) is 11.5 Å². The molecule has 0 amide bonds. The Morgan fingerprint density at radius 3 is 1.22 bits per heavy atom. The van der Waals surface area contributed by atoms with Crippen LogP contribution in [0.5, 0.6) is 11.5 Å². The van der Waals surface area contributed by atoms with E-state index in [1.54, 1.807) is 0 Å². The number of hydrogen-bond acceptors (Lipinski definition) is 6. The Labute approximate surface area is 268 Å². The van der Waals surface area contributed by atoms with Crippen LogP contribution < -0.4 is 9.47 Å². The smallest absolute Gasteiger partial charge is 0.119 e. The highest BCUT2D eigenvalue weighted by Gasteiger charge is 2.46. The first-order valence-corrected chi connectivity index (χ1v) is 16.1. The molecular weight excluding hydrogens is 564 g/mol. The maximum absolute atomic E-state index is 6.04. The van der Waals surface area contributed by atoms with Gasteiger partial charge in [0.1, 0.15) is 24.7 Å². The minimum atomic E-state index is -0.495. The maximum atomic E-state index is 6.04. The zero-order valence-electron chi connectivity index (χ0n) is 27.1. The van der Waals surface area contributed by atoms with Crippen molar-refractivity contribution in [3.8, 4) is 22.6 Å². The summed E-state index contributed by atoms with van der Waals surface area (Å²) in [5.41, 5.74) is 9.46. The first-order valence-electron chi connectivity index (χ1n) is 16.1. The number of fused-ring (bicyclic) bond motifs is 3. The number of rotatable bonds is 18. The Morgan fingerprint density at radius 1 is 0.444 bits per heavy atom. The summed E-state index contributed by atoms with van der Waals surface area (Å²) in [5.74, 6) is 1.64. The fourth-order valence-electron chi connectivity index (χ4n) is 6.11. The second-order valence-electron chi connectivity index (χ2n) is 11.2. The van der Waals surface area contributed by atoms with Crippen LogP contribution in [0.4, 0.5) is 0 Å². The van der Waals surface area contributed by atoms with E-state index in [9.17, 15) is 0 Å². The van der Waals surface area contributed by atoms with Crippen LogP contribution in [0.1, 0.15) is 47.2 Å². The molecule has 0 atom stereocenters. The summed E-state index contributed by atoms with van der Waals surface area (Å²) in [6.07, 6.45) is 0. The van der Waals surface area contributed by atoms with E-state index in [1.165, 1.54) is 44.5 Å². The summed E-state index contributed by atoms with van der Waals surface area (Å²) in [5, 5.41) is 0. The van der Waals surface area contributed by atoms with Crippen molar-refractivity contribution in [2.75, 3.05) is 66.1 Å². The van der Waals surface area contributed by atoms with E-state index in [0.29, 0.717) is 66.1 Å². The molecule has 0 heterocycles. The van der Waals surface area contributed by atoms with Crippen molar-refractivity contribution in [2.45, 2.75) is 33.1 Å². The molecule has 0 saturated carbocycles. The van der Waals surface area contributed by atoms with E-state index in [2.05, 4.69) is 98.8 Å². The fourth-order valence-corrected chi connectivity index (χ4v) is 6.11. The van der Waals surface area contributed by atoms with Crippen molar-refractivity contribution < 1.29 is 28.4 Å². The van der Waals surface area contributed by atoms with Gasteiger partial charge in [0.25, 0.3) is 0 Å². The minimum Gasteiger partial charge on any atom is -0.491 e. The van der Waals surface area contributed by atoms with E-state index in [1.807, 2.05) is 13.8 Å². The highest BCUT2D eigenvalue weighted by Crippen LogP contribution is 2.56. The number of aryl methyl sites for hydroxylation is 2. The van der Waals surface area contributed by atoms with Gasteiger partial charge in [0, 0.05) is 13.2 Å². The van der Waals surface area contributed by atoms with Gasteiger partial charge < -0.3 is 28.4 Å². The molecule has 4 aromatic carbocycles. The Bertz CT molecular complexity index is 1380. The van der Waals surface area contributed by atoms with Crippen LogP contribution in [0.25, 0.3) is 11.1 Å². The standard InChI is InChI=1S/C39H46O6/c1-5-40-19-21-42-23-25-44-33-13-9-31(10-14-33)39(32-11-15-34(16-12-32)45-26-24-43-22-20-41-6-2)37-27-29(3)7-17-35(37)36-18-8-30(4)28-38(36)39/h7-18,27-28H,5-6,19-26H2,1-4H3. The molecule has 0 saturated heterocycles. The molecule has 0 aliphatic heterocycles. The van der Waals surface area contributed by atoms with Crippen LogP contribution in [-0.4, -0.2) is 66.1 Å². The molecule has 4 aromatic rings. The van der Waals surface area contributed by atoms with E-state index < -0.39 is 5.41 Å². The number of hydrogen-bond donors (Lipinski definition) is 0. The predicted octanol–water partition coefficient (Wildman–Crippen LogP) is 7.53. The quantitative estimate of drug-likeness (QED) is 0.0957. The van der Waals surface area contributed by atoms with Crippen LogP contribution in [-0.2, 0) is 24.4 Å². The van der Waals surface area contributed by atoms with Gasteiger partial charge in [0.2, 0.25) is 0 Å². The summed E-state index contributed by atoms with van der Waals surface area (Å²) < 4.78 is 34.0. The summed E-state index contributed by atoms with van der Waals surface area (Å²) in [6, 6.07) is 30.8. The molecule has 45 heavy (non-hydrogen) atoms. The topological polar surface area (TPSA) is 55.4 Å². The molecule has 6 heteroatoms. The van der Waals surface area contributed by atoms with Crippen molar-refractivity contribution in [2.24, 2.45) is 0 Å². The third kappa shape index (κ3) is 7.59. The van der Waals surface area contributed by atoms with Crippen LogP contribution in [0.15, 0.2) is 84.9 Å². The Hall–Kier alpha value is -3.68. The van der Waals surface area contributed by atoms with Crippen LogP contribution in [0, 0.1) is 13.8 Å². The Balaban J connectivity index is 1.43. The SMILES string of the molecule is CCOCCOCCOc1ccc(C2(c3ccc(OCCOCCOCC)cc3)c3cc(C)ccc3-c3ccc(C)cc32)cc1. The zero-order valence-corrected chi connectivity index (χ0v) is 27.1. The largest absolute Gasteiger partial charge is 0.491 e. The summed E-state index contributed by atoms with van der Waals surface area (Å²) in [6.45, 7) is 14.1. The van der Waals surface area contributed by atoms with Gasteiger partial charge in [-0.1, -0.05) is 71.8 Å². The molecule has 238 valence electrons. The van der Waals surface area contributed by atoms with Gasteiger partial charge in [-0.3, -0.25) is 0 Å². The monoisotopic (exact) mass is 610 g/mol. The third-order valence-corrected chi connectivity index (χ3v) is 8.17. The second kappa shape index (κ2) is 16.1. The summed E-state index contributed by atoms with van der Waals surface area (Å²) in [7, 11) is 0. The van der Waals surface area contributed by atoms with Gasteiger partial charge in [-0.05, 0) is 85.3 Å². The zero-order chi connectivity index (χ0) is 31.5. The molecule has 0 N–H and O–H groups in total. The first-order chi connectivity index (χ1) is 22.1. The van der Waals surface area contributed by atoms with Gasteiger partial charge in [0.15, 0.2) is 0 Å². The fraction of sp³-hybridized carbons (Fsp3) is 0.385. The average Bonchev–Trinajstić information content (AvgIpc) is 3.33. The molecule has 0 fully saturated rings. The van der Waals surface area contributed by atoms with Gasteiger partial charge >= 0.3 is 0 Å². The lowest BCUT2D eigenvalue weighted by Crippen LogP contribution is -2.28. The van der Waals surface area contributed by atoms with Crippen molar-refractivity contribution in [1.82, 2.24) is 0 Å². The summed E-state index contributed by atoms with van der Waals surface area (Å²) in [4.78, 5) is 0.